The molecule has 1 aliphatic heterocycles. The number of rotatable bonds is 2. The zero-order valence-electron chi connectivity index (χ0n) is 13.8. The molecule has 2 N–H and O–H groups in total. The monoisotopic (exact) mass is 315 g/mol. The number of hydrogen-bond donors (Lipinski definition) is 2. The van der Waals surface area contributed by atoms with Crippen molar-refractivity contribution in [3.05, 3.63) is 64.6 Å². The molecule has 2 unspecified atom stereocenters. The fourth-order valence-corrected chi connectivity index (χ4v) is 4.25. The molecule has 0 saturated carbocycles. The fraction of sp³-hybridized carbons (Fsp3) is 0.286. The number of aryl methyl sites for hydroxylation is 1. The zero-order valence-corrected chi connectivity index (χ0v) is 13.8. The standard InChI is InChI=1S/C21H21N3/c1-13-5-6-14(11-22-13)7-8-16-3-2-4-17-20-18-9-15(12-23-18)10-19(20)24-21(16)17/h2-8,11,15,18,23-24H,9-10,12H2,1H3. The number of para-hydroxylation sites is 1. The Bertz CT molecular complexity index is 934. The maximum Gasteiger partial charge on any atom is 0.0533 e. The SMILES string of the molecule is Cc1ccc(C=Cc2cccc3c4c([nH]c23)CC2CNC4C2)cn1. The molecule has 2 bridgehead atoms. The summed E-state index contributed by atoms with van der Waals surface area (Å²) in [6.07, 6.45) is 8.73. The number of pyridine rings is 1. The van der Waals surface area contributed by atoms with Crippen LogP contribution in [0.4, 0.5) is 0 Å². The Kier molecular flexibility index (Phi) is 3.10. The van der Waals surface area contributed by atoms with Crippen LogP contribution in [0.5, 0.6) is 0 Å². The van der Waals surface area contributed by atoms with Gasteiger partial charge in [0.25, 0.3) is 0 Å². The van der Waals surface area contributed by atoms with E-state index in [4.69, 9.17) is 0 Å². The molecule has 0 amide bonds. The molecule has 3 aromatic rings. The summed E-state index contributed by atoms with van der Waals surface area (Å²) in [5.74, 6) is 0.799. The number of fused-ring (bicyclic) bond motifs is 6. The average Bonchev–Trinajstić information content (AvgIpc) is 3.16. The van der Waals surface area contributed by atoms with Crippen LogP contribution in [0.25, 0.3) is 23.1 Å². The molecule has 1 aliphatic carbocycles. The van der Waals surface area contributed by atoms with Gasteiger partial charge in [0.15, 0.2) is 0 Å². The van der Waals surface area contributed by atoms with Crippen LogP contribution in [0.2, 0.25) is 0 Å². The summed E-state index contributed by atoms with van der Waals surface area (Å²) in [7, 11) is 0. The summed E-state index contributed by atoms with van der Waals surface area (Å²) in [5.41, 5.74) is 7.65. The summed E-state index contributed by atoms with van der Waals surface area (Å²) >= 11 is 0. The molecule has 2 aromatic heterocycles. The highest BCUT2D eigenvalue weighted by Gasteiger charge is 2.35. The molecule has 3 heterocycles. The van der Waals surface area contributed by atoms with E-state index in [9.17, 15) is 0 Å². The molecule has 3 heteroatoms. The van der Waals surface area contributed by atoms with Gasteiger partial charge in [-0.25, -0.2) is 0 Å². The minimum Gasteiger partial charge on any atom is -0.358 e. The molecule has 1 fully saturated rings. The van der Waals surface area contributed by atoms with Crippen LogP contribution in [-0.4, -0.2) is 16.5 Å². The lowest BCUT2D eigenvalue weighted by Crippen LogP contribution is -2.13. The smallest absolute Gasteiger partial charge is 0.0533 e. The lowest BCUT2D eigenvalue weighted by molar-refractivity contribution is 0.523. The highest BCUT2D eigenvalue weighted by Crippen LogP contribution is 2.42. The molecule has 0 spiro atoms. The third-order valence-corrected chi connectivity index (χ3v) is 5.44. The van der Waals surface area contributed by atoms with E-state index in [0.717, 1.165) is 23.7 Å². The van der Waals surface area contributed by atoms with Crippen molar-refractivity contribution < 1.29 is 0 Å². The van der Waals surface area contributed by atoms with Gasteiger partial charge >= 0.3 is 0 Å². The van der Waals surface area contributed by atoms with Gasteiger partial charge in [-0.1, -0.05) is 36.4 Å². The Morgan fingerprint density at radius 3 is 3.00 bits per heavy atom. The summed E-state index contributed by atoms with van der Waals surface area (Å²) in [4.78, 5) is 8.09. The first-order valence-electron chi connectivity index (χ1n) is 8.75. The van der Waals surface area contributed by atoms with Crippen LogP contribution in [0.15, 0.2) is 36.5 Å². The minimum absolute atomic E-state index is 0.535. The van der Waals surface area contributed by atoms with Crippen LogP contribution in [0.1, 0.15) is 40.5 Å². The van der Waals surface area contributed by atoms with E-state index in [1.165, 1.54) is 40.6 Å². The van der Waals surface area contributed by atoms with Crippen molar-refractivity contribution in [2.45, 2.75) is 25.8 Å². The second kappa shape index (κ2) is 5.32. The number of aromatic amines is 1. The Balaban J connectivity index is 1.58. The maximum atomic E-state index is 4.37. The molecule has 3 nitrogen and oxygen atoms in total. The largest absolute Gasteiger partial charge is 0.358 e. The third-order valence-electron chi connectivity index (χ3n) is 5.44. The van der Waals surface area contributed by atoms with Gasteiger partial charge in [0.05, 0.1) is 5.52 Å². The molecule has 1 aromatic carbocycles. The second-order valence-electron chi connectivity index (χ2n) is 7.12. The highest BCUT2D eigenvalue weighted by molar-refractivity contribution is 5.94. The number of hydrogen-bond acceptors (Lipinski definition) is 2. The summed E-state index contributed by atoms with van der Waals surface area (Å²) in [6.45, 7) is 3.17. The normalized spacial score (nSPS) is 22.4. The molecular weight excluding hydrogens is 294 g/mol. The average molecular weight is 315 g/mol. The number of H-pyrrole nitrogens is 1. The van der Waals surface area contributed by atoms with Crippen LogP contribution >= 0.6 is 0 Å². The van der Waals surface area contributed by atoms with Crippen molar-refractivity contribution >= 4 is 23.1 Å². The fourth-order valence-electron chi connectivity index (χ4n) is 4.25. The van der Waals surface area contributed by atoms with Crippen LogP contribution in [-0.2, 0) is 6.42 Å². The van der Waals surface area contributed by atoms with E-state index < -0.39 is 0 Å². The zero-order chi connectivity index (χ0) is 16.1. The number of nitrogens with zero attached hydrogens (tertiary/aromatic N) is 1. The summed E-state index contributed by atoms with van der Waals surface area (Å²) < 4.78 is 0. The van der Waals surface area contributed by atoms with Crippen molar-refractivity contribution in [1.29, 1.82) is 0 Å². The van der Waals surface area contributed by atoms with Gasteiger partial charge in [-0.05, 0) is 55.0 Å². The van der Waals surface area contributed by atoms with Gasteiger partial charge in [-0.3, -0.25) is 4.98 Å². The molecular formula is C21H21N3. The van der Waals surface area contributed by atoms with E-state index in [1.54, 1.807) is 0 Å². The molecule has 1 saturated heterocycles. The molecule has 0 radical (unpaired) electrons. The van der Waals surface area contributed by atoms with Gasteiger partial charge < -0.3 is 10.3 Å². The van der Waals surface area contributed by atoms with E-state index in [1.807, 2.05) is 13.1 Å². The second-order valence-corrected chi connectivity index (χ2v) is 7.12. The van der Waals surface area contributed by atoms with E-state index in [2.05, 4.69) is 57.8 Å². The highest BCUT2D eigenvalue weighted by atomic mass is 15.0. The first-order chi connectivity index (χ1) is 11.8. The first kappa shape index (κ1) is 14.0. The van der Waals surface area contributed by atoms with Crippen molar-refractivity contribution in [3.8, 4) is 0 Å². The van der Waals surface area contributed by atoms with Crippen molar-refractivity contribution in [3.63, 3.8) is 0 Å². The molecule has 5 rings (SSSR count). The van der Waals surface area contributed by atoms with Crippen LogP contribution in [0.3, 0.4) is 0 Å². The molecule has 24 heavy (non-hydrogen) atoms. The Morgan fingerprint density at radius 1 is 1.17 bits per heavy atom. The van der Waals surface area contributed by atoms with Crippen LogP contribution < -0.4 is 5.32 Å². The van der Waals surface area contributed by atoms with Crippen molar-refractivity contribution in [2.24, 2.45) is 5.92 Å². The van der Waals surface area contributed by atoms with Gasteiger partial charge in [0.2, 0.25) is 0 Å². The Labute approximate surface area is 141 Å². The van der Waals surface area contributed by atoms with Gasteiger partial charge in [0.1, 0.15) is 0 Å². The quantitative estimate of drug-likeness (QED) is 0.742. The van der Waals surface area contributed by atoms with E-state index in [0.29, 0.717) is 6.04 Å². The summed E-state index contributed by atoms with van der Waals surface area (Å²) in [5, 5.41) is 5.07. The number of benzene rings is 1. The number of nitrogens with one attached hydrogen (secondary N) is 2. The minimum atomic E-state index is 0.535. The number of aromatic nitrogens is 2. The lowest BCUT2D eigenvalue weighted by Gasteiger charge is -2.18. The van der Waals surface area contributed by atoms with Gasteiger partial charge in [0, 0.05) is 29.0 Å². The van der Waals surface area contributed by atoms with Gasteiger partial charge in [-0.2, -0.15) is 0 Å². The predicted octanol–water partition coefficient (Wildman–Crippen LogP) is 4.25. The predicted molar refractivity (Wildman–Crippen MR) is 98.8 cm³/mol. The topological polar surface area (TPSA) is 40.7 Å². The Morgan fingerprint density at radius 2 is 2.12 bits per heavy atom. The van der Waals surface area contributed by atoms with Crippen molar-refractivity contribution in [1.82, 2.24) is 15.3 Å². The third kappa shape index (κ3) is 2.20. The van der Waals surface area contributed by atoms with Gasteiger partial charge in [-0.15, -0.1) is 0 Å². The molecule has 120 valence electrons. The van der Waals surface area contributed by atoms with Crippen LogP contribution in [0, 0.1) is 12.8 Å². The lowest BCUT2D eigenvalue weighted by atomic mass is 9.87. The van der Waals surface area contributed by atoms with Crippen molar-refractivity contribution in [2.75, 3.05) is 6.54 Å². The maximum absolute atomic E-state index is 4.37. The Hall–Kier alpha value is -2.39. The van der Waals surface area contributed by atoms with E-state index in [-0.39, 0.29) is 0 Å². The first-order valence-corrected chi connectivity index (χ1v) is 8.75. The molecule has 2 aliphatic rings. The van der Waals surface area contributed by atoms with E-state index >= 15 is 0 Å². The molecule has 2 atom stereocenters. The summed E-state index contributed by atoms with van der Waals surface area (Å²) in [6, 6.07) is 11.3.